The van der Waals surface area contributed by atoms with E-state index >= 15 is 0 Å². The van der Waals surface area contributed by atoms with Crippen LogP contribution in [-0.4, -0.2) is 11.6 Å². The van der Waals surface area contributed by atoms with E-state index < -0.39 is 0 Å². The third kappa shape index (κ3) is 3.18. The molecule has 0 radical (unpaired) electrons. The van der Waals surface area contributed by atoms with E-state index in [1.165, 1.54) is 0 Å². The molecular weight excluding hydrogens is 254 g/mol. The fourth-order valence-corrected chi connectivity index (χ4v) is 2.15. The minimum Gasteiger partial charge on any atom is -0.492 e. The number of nitrogens with two attached hydrogens (primary N) is 1. The third-order valence-corrected chi connectivity index (χ3v) is 3.12. The summed E-state index contributed by atoms with van der Waals surface area (Å²) in [5.41, 5.74) is 4.81. The molecule has 0 spiro atoms. The Bertz CT molecular complexity index is 539. The zero-order valence-corrected chi connectivity index (χ0v) is 11.9. The van der Waals surface area contributed by atoms with E-state index in [0.717, 1.165) is 35.5 Å². The molecule has 0 aliphatic carbocycles. The average molecular weight is 275 g/mol. The number of hydrogen-bond acceptors (Lipinski definition) is 5. The molecule has 2 aromatic heterocycles. The van der Waals surface area contributed by atoms with E-state index in [0.29, 0.717) is 6.61 Å². The quantitative estimate of drug-likeness (QED) is 0.600. The molecule has 2 heterocycles. The molecule has 20 heavy (non-hydrogen) atoms. The van der Waals surface area contributed by atoms with Crippen LogP contribution in [0.2, 0.25) is 0 Å². The Kier molecular flexibility index (Phi) is 5.15. The number of nitrogens with zero attached hydrogens (tertiary/aromatic N) is 1. The van der Waals surface area contributed by atoms with E-state index in [-0.39, 0.29) is 6.04 Å². The van der Waals surface area contributed by atoms with Gasteiger partial charge in [-0.25, -0.2) is 5.43 Å². The molecule has 0 bridgehead atoms. The molecule has 0 aliphatic rings. The van der Waals surface area contributed by atoms with Gasteiger partial charge < -0.3 is 9.15 Å². The molecule has 2 rings (SSSR count). The first kappa shape index (κ1) is 14.6. The van der Waals surface area contributed by atoms with Gasteiger partial charge >= 0.3 is 0 Å². The molecule has 0 aromatic carbocycles. The van der Waals surface area contributed by atoms with Crippen LogP contribution in [0.4, 0.5) is 0 Å². The summed E-state index contributed by atoms with van der Waals surface area (Å²) in [6.07, 6.45) is 6.96. The summed E-state index contributed by atoms with van der Waals surface area (Å²) in [5.74, 6) is 7.39. The Morgan fingerprint density at radius 2 is 2.25 bits per heavy atom. The molecule has 1 unspecified atom stereocenters. The number of furan rings is 1. The highest BCUT2D eigenvalue weighted by Crippen LogP contribution is 2.27. The van der Waals surface area contributed by atoms with Crippen LogP contribution in [0.15, 0.2) is 35.2 Å². The second kappa shape index (κ2) is 7.07. The van der Waals surface area contributed by atoms with Crippen molar-refractivity contribution in [1.82, 2.24) is 10.4 Å². The van der Waals surface area contributed by atoms with Crippen LogP contribution in [-0.2, 0) is 6.42 Å². The second-order valence-electron chi connectivity index (χ2n) is 4.55. The minimum atomic E-state index is -0.152. The van der Waals surface area contributed by atoms with Gasteiger partial charge in [-0.15, -0.1) is 0 Å². The van der Waals surface area contributed by atoms with Crippen LogP contribution in [0.25, 0.3) is 0 Å². The van der Waals surface area contributed by atoms with Crippen molar-refractivity contribution in [1.29, 1.82) is 0 Å². The van der Waals surface area contributed by atoms with Crippen LogP contribution in [0, 0.1) is 0 Å². The minimum absolute atomic E-state index is 0.152. The van der Waals surface area contributed by atoms with Crippen LogP contribution in [0.1, 0.15) is 43.2 Å². The van der Waals surface area contributed by atoms with Crippen molar-refractivity contribution >= 4 is 0 Å². The SMILES string of the molecule is CCCOc1cncc(C(NN)c2ccoc2CC)c1. The molecule has 0 saturated carbocycles. The van der Waals surface area contributed by atoms with Crippen molar-refractivity contribution in [3.63, 3.8) is 0 Å². The van der Waals surface area contributed by atoms with Gasteiger partial charge in [0.25, 0.3) is 0 Å². The van der Waals surface area contributed by atoms with Crippen LogP contribution in [0.3, 0.4) is 0 Å². The summed E-state index contributed by atoms with van der Waals surface area (Å²) < 4.78 is 11.1. The predicted octanol–water partition coefficient (Wildman–Crippen LogP) is 2.58. The molecule has 3 N–H and O–H groups in total. The highest BCUT2D eigenvalue weighted by Gasteiger charge is 2.18. The molecule has 0 amide bonds. The lowest BCUT2D eigenvalue weighted by molar-refractivity contribution is 0.315. The lowest BCUT2D eigenvalue weighted by Gasteiger charge is -2.17. The Morgan fingerprint density at radius 1 is 1.40 bits per heavy atom. The molecule has 5 heteroatoms. The number of hydrogen-bond donors (Lipinski definition) is 2. The molecule has 0 saturated heterocycles. The molecular formula is C15H21N3O2. The second-order valence-corrected chi connectivity index (χ2v) is 4.55. The smallest absolute Gasteiger partial charge is 0.137 e. The van der Waals surface area contributed by atoms with Gasteiger partial charge in [0.1, 0.15) is 11.5 Å². The summed E-state index contributed by atoms with van der Waals surface area (Å²) >= 11 is 0. The fourth-order valence-electron chi connectivity index (χ4n) is 2.15. The van der Waals surface area contributed by atoms with E-state index in [4.69, 9.17) is 15.0 Å². The summed E-state index contributed by atoms with van der Waals surface area (Å²) in [7, 11) is 0. The Balaban J connectivity index is 2.27. The van der Waals surface area contributed by atoms with Gasteiger partial charge in [-0.3, -0.25) is 10.8 Å². The van der Waals surface area contributed by atoms with E-state index in [2.05, 4.69) is 24.3 Å². The maximum absolute atomic E-state index is 5.71. The number of aromatic nitrogens is 1. The maximum atomic E-state index is 5.71. The Hall–Kier alpha value is -1.85. The lowest BCUT2D eigenvalue weighted by Crippen LogP contribution is -2.29. The van der Waals surface area contributed by atoms with Crippen LogP contribution < -0.4 is 16.0 Å². The largest absolute Gasteiger partial charge is 0.492 e. The highest BCUT2D eigenvalue weighted by molar-refractivity contribution is 5.35. The van der Waals surface area contributed by atoms with Gasteiger partial charge in [-0.05, 0) is 24.1 Å². The van der Waals surface area contributed by atoms with Crippen LogP contribution in [0.5, 0.6) is 5.75 Å². The Morgan fingerprint density at radius 3 is 2.95 bits per heavy atom. The van der Waals surface area contributed by atoms with Gasteiger partial charge in [-0.2, -0.15) is 0 Å². The molecule has 1 atom stereocenters. The molecule has 108 valence electrons. The van der Waals surface area contributed by atoms with Crippen molar-refractivity contribution < 1.29 is 9.15 Å². The monoisotopic (exact) mass is 275 g/mol. The normalized spacial score (nSPS) is 12.3. The van der Waals surface area contributed by atoms with Crippen LogP contribution >= 0.6 is 0 Å². The van der Waals surface area contributed by atoms with E-state index in [1.54, 1.807) is 18.7 Å². The summed E-state index contributed by atoms with van der Waals surface area (Å²) in [6.45, 7) is 4.80. The number of nitrogens with one attached hydrogen (secondary N) is 1. The lowest BCUT2D eigenvalue weighted by atomic mass is 10.0. The topological polar surface area (TPSA) is 73.3 Å². The fraction of sp³-hybridized carbons (Fsp3) is 0.400. The standard InChI is InChI=1S/C15H21N3O2/c1-3-6-19-12-8-11(9-17-10-12)15(18-16)13-5-7-20-14(13)4-2/h5,7-10,15,18H,3-4,6,16H2,1-2H3. The molecule has 2 aromatic rings. The third-order valence-electron chi connectivity index (χ3n) is 3.12. The van der Waals surface area contributed by atoms with Gasteiger partial charge in [0.05, 0.1) is 25.1 Å². The zero-order valence-electron chi connectivity index (χ0n) is 11.9. The summed E-state index contributed by atoms with van der Waals surface area (Å²) in [5, 5.41) is 0. The van der Waals surface area contributed by atoms with Gasteiger partial charge in [0.15, 0.2) is 0 Å². The van der Waals surface area contributed by atoms with Crippen molar-refractivity contribution in [2.45, 2.75) is 32.7 Å². The first-order chi connectivity index (χ1) is 9.80. The van der Waals surface area contributed by atoms with Crippen molar-refractivity contribution in [2.24, 2.45) is 5.84 Å². The first-order valence-electron chi connectivity index (χ1n) is 6.90. The highest BCUT2D eigenvalue weighted by atomic mass is 16.5. The number of ether oxygens (including phenoxy) is 1. The van der Waals surface area contributed by atoms with Crippen molar-refractivity contribution in [2.75, 3.05) is 6.61 Å². The van der Waals surface area contributed by atoms with E-state index in [9.17, 15) is 0 Å². The number of hydrazine groups is 1. The zero-order chi connectivity index (χ0) is 14.4. The number of pyridine rings is 1. The summed E-state index contributed by atoms with van der Waals surface area (Å²) in [6, 6.07) is 3.74. The predicted molar refractivity (Wildman–Crippen MR) is 77.3 cm³/mol. The first-order valence-corrected chi connectivity index (χ1v) is 6.90. The van der Waals surface area contributed by atoms with Gasteiger partial charge in [0.2, 0.25) is 0 Å². The van der Waals surface area contributed by atoms with Gasteiger partial charge in [-0.1, -0.05) is 13.8 Å². The number of aryl methyl sites for hydroxylation is 1. The molecule has 0 aliphatic heterocycles. The molecule has 0 fully saturated rings. The molecule has 5 nitrogen and oxygen atoms in total. The Labute approximate surface area is 119 Å². The average Bonchev–Trinajstić information content (AvgIpc) is 2.95. The number of rotatable bonds is 7. The van der Waals surface area contributed by atoms with E-state index in [1.807, 2.05) is 12.1 Å². The maximum Gasteiger partial charge on any atom is 0.137 e. The van der Waals surface area contributed by atoms with Crippen molar-refractivity contribution in [3.05, 3.63) is 47.7 Å². The summed E-state index contributed by atoms with van der Waals surface area (Å²) in [4.78, 5) is 4.22. The van der Waals surface area contributed by atoms with Crippen molar-refractivity contribution in [3.8, 4) is 5.75 Å². The van der Waals surface area contributed by atoms with Gasteiger partial charge in [0, 0.05) is 18.2 Å².